The van der Waals surface area contributed by atoms with Gasteiger partial charge in [-0.15, -0.1) is 17.5 Å². The first-order chi connectivity index (χ1) is 14.9. The van der Waals surface area contributed by atoms with Crippen LogP contribution in [0.3, 0.4) is 0 Å². The molecule has 1 aromatic heterocycles. The Hall–Kier alpha value is -2.45. The number of amides is 1. The number of nitrogens with two attached hydrogens (primary N) is 1. The molecule has 178 valence electrons. The molecular weight excluding hydrogens is 442 g/mol. The maximum atomic E-state index is 12.3. The summed E-state index contributed by atoms with van der Waals surface area (Å²) in [6, 6.07) is 5.16. The zero-order valence-corrected chi connectivity index (χ0v) is 19.0. The Kier molecular flexibility index (Phi) is 12.6. The summed E-state index contributed by atoms with van der Waals surface area (Å²) in [6.07, 6.45) is 2.46. The van der Waals surface area contributed by atoms with Crippen molar-refractivity contribution in [2.75, 3.05) is 27.4 Å². The molecule has 2 aromatic rings. The Balaban J connectivity index is 0.00000512. The third-order valence-corrected chi connectivity index (χ3v) is 4.54. The molecule has 0 bridgehead atoms. The lowest BCUT2D eigenvalue weighted by Crippen LogP contribution is -2.31. The lowest BCUT2D eigenvalue weighted by molar-refractivity contribution is -0.121. The van der Waals surface area contributed by atoms with Gasteiger partial charge in [-0.1, -0.05) is 6.07 Å². The van der Waals surface area contributed by atoms with E-state index in [-0.39, 0.29) is 31.5 Å². The van der Waals surface area contributed by atoms with Gasteiger partial charge in [0.2, 0.25) is 5.91 Å². The molecular formula is C18H30BClN6O6. The second-order valence-electron chi connectivity index (χ2n) is 6.78. The van der Waals surface area contributed by atoms with Crippen LogP contribution >= 0.6 is 12.4 Å². The predicted molar refractivity (Wildman–Crippen MR) is 118 cm³/mol. The number of tetrazole rings is 1. The predicted octanol–water partition coefficient (Wildman–Crippen LogP) is -0.373. The highest BCUT2D eigenvalue weighted by atomic mass is 35.5. The molecule has 32 heavy (non-hydrogen) atoms. The van der Waals surface area contributed by atoms with Gasteiger partial charge in [-0.2, -0.15) is 0 Å². The molecule has 0 fully saturated rings. The summed E-state index contributed by atoms with van der Waals surface area (Å²) in [6.45, 7) is 0.605. The Bertz CT molecular complexity index is 827. The molecule has 0 radical (unpaired) electrons. The normalized spacial score (nSPS) is 11.4. The molecule has 12 nitrogen and oxygen atoms in total. The molecule has 0 saturated heterocycles. The lowest BCUT2D eigenvalue weighted by atomic mass is 10.1. The number of rotatable bonds is 14. The third-order valence-electron chi connectivity index (χ3n) is 4.54. The largest absolute Gasteiger partial charge is 0.633 e. The van der Waals surface area contributed by atoms with E-state index in [1.807, 2.05) is 18.2 Å². The molecule has 0 aliphatic rings. The number of nitrogens with zero attached hydrogens (tertiary/aromatic N) is 4. The second-order valence-corrected chi connectivity index (χ2v) is 6.78. The van der Waals surface area contributed by atoms with Crippen LogP contribution in [0, 0.1) is 0 Å². The van der Waals surface area contributed by atoms with Crippen LogP contribution in [0.1, 0.15) is 36.7 Å². The standard InChI is InChI=1S/C18H29BN6O6.ClH/c1-29-15-7-6-13(11-16(15)30-2)8-9-21-17(26)12-25-18(22-23-24-25)14(20)5-3-4-10-31-19(27)28;/h6-7,11,14,27-28H,3-5,8-10,12,20H2,1-2H3,(H,21,26);1H. The second kappa shape index (κ2) is 14.6. The van der Waals surface area contributed by atoms with E-state index in [0.29, 0.717) is 49.6 Å². The van der Waals surface area contributed by atoms with Crippen LogP contribution in [0.25, 0.3) is 0 Å². The fourth-order valence-corrected chi connectivity index (χ4v) is 2.95. The fraction of sp³-hybridized carbons (Fsp3) is 0.556. The van der Waals surface area contributed by atoms with Crippen molar-refractivity contribution in [3.05, 3.63) is 29.6 Å². The first kappa shape index (κ1) is 27.6. The number of methoxy groups -OCH3 is 2. The number of carbonyl (C=O) groups is 1. The smallest absolute Gasteiger partial charge is 0.493 e. The number of hydrogen-bond acceptors (Lipinski definition) is 10. The number of hydrogen-bond donors (Lipinski definition) is 4. The van der Waals surface area contributed by atoms with Crippen molar-refractivity contribution in [3.8, 4) is 11.5 Å². The highest BCUT2D eigenvalue weighted by molar-refractivity contribution is 6.32. The Morgan fingerprint density at radius 3 is 2.69 bits per heavy atom. The van der Waals surface area contributed by atoms with Gasteiger partial charge in [-0.05, 0) is 53.8 Å². The van der Waals surface area contributed by atoms with Crippen molar-refractivity contribution >= 4 is 25.6 Å². The van der Waals surface area contributed by atoms with Crippen molar-refractivity contribution < 1.29 is 29.0 Å². The Labute approximate surface area is 193 Å². The van der Waals surface area contributed by atoms with Crippen LogP contribution in [0.5, 0.6) is 11.5 Å². The number of unbranched alkanes of at least 4 members (excludes halogenated alkanes) is 1. The summed E-state index contributed by atoms with van der Waals surface area (Å²) in [5, 5.41) is 31.5. The van der Waals surface area contributed by atoms with Crippen LogP contribution in [0.15, 0.2) is 18.2 Å². The van der Waals surface area contributed by atoms with E-state index in [0.717, 1.165) is 5.56 Å². The fourth-order valence-electron chi connectivity index (χ4n) is 2.95. The number of halogens is 1. The molecule has 1 atom stereocenters. The van der Waals surface area contributed by atoms with Gasteiger partial charge in [0.25, 0.3) is 0 Å². The third kappa shape index (κ3) is 8.97. The van der Waals surface area contributed by atoms with Gasteiger partial charge in [-0.3, -0.25) is 4.79 Å². The van der Waals surface area contributed by atoms with Gasteiger partial charge < -0.3 is 35.2 Å². The van der Waals surface area contributed by atoms with E-state index in [1.54, 1.807) is 14.2 Å². The molecule has 1 amide bonds. The van der Waals surface area contributed by atoms with Crippen LogP contribution in [0.4, 0.5) is 0 Å². The minimum atomic E-state index is -1.77. The average molecular weight is 473 g/mol. The van der Waals surface area contributed by atoms with E-state index in [1.165, 1.54) is 4.68 Å². The van der Waals surface area contributed by atoms with Gasteiger partial charge in [0.15, 0.2) is 17.3 Å². The summed E-state index contributed by atoms with van der Waals surface area (Å²) in [7, 11) is 1.38. The summed E-state index contributed by atoms with van der Waals surface area (Å²) >= 11 is 0. The summed E-state index contributed by atoms with van der Waals surface area (Å²) < 4.78 is 16.5. The summed E-state index contributed by atoms with van der Waals surface area (Å²) in [5.74, 6) is 1.47. The highest BCUT2D eigenvalue weighted by Crippen LogP contribution is 2.27. The van der Waals surface area contributed by atoms with Gasteiger partial charge >= 0.3 is 7.32 Å². The first-order valence-electron chi connectivity index (χ1n) is 9.91. The van der Waals surface area contributed by atoms with Gasteiger partial charge in [0.05, 0.1) is 20.3 Å². The quantitative estimate of drug-likeness (QED) is 0.210. The average Bonchev–Trinajstić information content (AvgIpc) is 3.21. The van der Waals surface area contributed by atoms with Crippen molar-refractivity contribution in [3.63, 3.8) is 0 Å². The SMILES string of the molecule is COc1ccc(CCNC(=O)Cn2nnnc2C(N)CCCCOB(O)O)cc1OC.Cl. The van der Waals surface area contributed by atoms with Gasteiger partial charge in [0.1, 0.15) is 6.54 Å². The summed E-state index contributed by atoms with van der Waals surface area (Å²) in [5.41, 5.74) is 7.13. The highest BCUT2D eigenvalue weighted by Gasteiger charge is 2.17. The molecule has 5 N–H and O–H groups in total. The number of carbonyl (C=O) groups excluding carboxylic acids is 1. The summed E-state index contributed by atoms with van der Waals surface area (Å²) in [4.78, 5) is 12.3. The zero-order valence-electron chi connectivity index (χ0n) is 18.1. The minimum Gasteiger partial charge on any atom is -0.493 e. The molecule has 0 saturated carbocycles. The molecule has 0 aliphatic carbocycles. The maximum absolute atomic E-state index is 12.3. The van der Waals surface area contributed by atoms with E-state index in [9.17, 15) is 4.79 Å². The van der Waals surface area contributed by atoms with Crippen LogP contribution in [-0.4, -0.2) is 70.9 Å². The monoisotopic (exact) mass is 472 g/mol. The van der Waals surface area contributed by atoms with Gasteiger partial charge in [0, 0.05) is 13.2 Å². The number of aromatic nitrogens is 4. The lowest BCUT2D eigenvalue weighted by Gasteiger charge is -2.12. The molecule has 1 aromatic carbocycles. The van der Waals surface area contributed by atoms with E-state index < -0.39 is 13.4 Å². The molecule has 1 unspecified atom stereocenters. The van der Waals surface area contributed by atoms with Crippen molar-refractivity contribution in [2.45, 2.75) is 38.3 Å². The van der Waals surface area contributed by atoms with Crippen LogP contribution in [0.2, 0.25) is 0 Å². The Morgan fingerprint density at radius 1 is 1.25 bits per heavy atom. The van der Waals surface area contributed by atoms with E-state index in [2.05, 4.69) is 25.5 Å². The minimum absolute atomic E-state index is 0. The molecule has 0 spiro atoms. The van der Waals surface area contributed by atoms with Crippen molar-refractivity contribution in [1.82, 2.24) is 25.5 Å². The molecule has 0 aliphatic heterocycles. The number of benzene rings is 1. The topological polar surface area (TPSA) is 167 Å². The number of nitrogens with one attached hydrogen (secondary N) is 1. The van der Waals surface area contributed by atoms with E-state index in [4.69, 9.17) is 25.3 Å². The van der Waals surface area contributed by atoms with Crippen LogP contribution in [-0.2, 0) is 22.4 Å². The number of ether oxygens (including phenoxy) is 2. The Morgan fingerprint density at radius 2 is 2.00 bits per heavy atom. The molecule has 2 rings (SSSR count). The van der Waals surface area contributed by atoms with Gasteiger partial charge in [-0.25, -0.2) is 4.68 Å². The molecule has 1 heterocycles. The zero-order chi connectivity index (χ0) is 22.6. The maximum Gasteiger partial charge on any atom is 0.633 e. The van der Waals surface area contributed by atoms with Crippen molar-refractivity contribution in [2.24, 2.45) is 5.73 Å². The molecule has 14 heteroatoms. The first-order valence-corrected chi connectivity index (χ1v) is 9.91. The van der Waals surface area contributed by atoms with Crippen molar-refractivity contribution in [1.29, 1.82) is 0 Å². The van der Waals surface area contributed by atoms with Crippen LogP contribution < -0.4 is 20.5 Å². The van der Waals surface area contributed by atoms with E-state index >= 15 is 0 Å².